The lowest BCUT2D eigenvalue weighted by molar-refractivity contribution is 1.02. The number of hydrogen-bond acceptors (Lipinski definition) is 4. The molecule has 5 heterocycles. The van der Waals surface area contributed by atoms with Gasteiger partial charge >= 0.3 is 0 Å². The van der Waals surface area contributed by atoms with Crippen molar-refractivity contribution >= 4 is 118 Å². The minimum Gasteiger partial charge on any atom is -0.309 e. The SMILES string of the molecule is c1ccc(-c2nc(-n3c4cccc5c4c4c6c(ccc7c6c6c-5cccc6n7-c5ccc6sc7ccccc7c6c5)ccc43)nc3sc4ccccc4c23)cc1. The first-order chi connectivity index (χ1) is 27.8. The molecule has 13 aromatic rings. The van der Waals surface area contributed by atoms with Crippen molar-refractivity contribution in [2.24, 2.45) is 0 Å². The maximum absolute atomic E-state index is 5.50. The predicted octanol–water partition coefficient (Wildman–Crippen LogP) is 14.2. The van der Waals surface area contributed by atoms with Gasteiger partial charge < -0.3 is 4.57 Å². The van der Waals surface area contributed by atoms with E-state index in [1.807, 2.05) is 11.3 Å². The zero-order valence-electron chi connectivity index (χ0n) is 29.6. The molecule has 258 valence electrons. The molecule has 14 rings (SSSR count). The molecule has 0 amide bonds. The fourth-order valence-electron chi connectivity index (χ4n) is 9.83. The van der Waals surface area contributed by atoms with E-state index in [9.17, 15) is 0 Å². The predicted molar refractivity (Wildman–Crippen MR) is 238 cm³/mol. The van der Waals surface area contributed by atoms with Gasteiger partial charge in [-0.3, -0.25) is 4.57 Å². The lowest BCUT2D eigenvalue weighted by Gasteiger charge is -2.11. The van der Waals surface area contributed by atoms with Crippen LogP contribution in [0.15, 0.2) is 158 Å². The maximum Gasteiger partial charge on any atom is 0.236 e. The van der Waals surface area contributed by atoms with Gasteiger partial charge in [0.25, 0.3) is 0 Å². The Kier molecular flexibility index (Phi) is 5.51. The summed E-state index contributed by atoms with van der Waals surface area (Å²) in [6.45, 7) is 0. The zero-order valence-corrected chi connectivity index (χ0v) is 31.2. The van der Waals surface area contributed by atoms with Crippen LogP contribution in [0, 0.1) is 0 Å². The molecular formula is C50H26N4S2. The molecule has 0 fully saturated rings. The second-order valence-electron chi connectivity index (χ2n) is 14.9. The average molecular weight is 747 g/mol. The third kappa shape index (κ3) is 3.64. The highest BCUT2D eigenvalue weighted by atomic mass is 32.1. The van der Waals surface area contributed by atoms with Crippen molar-refractivity contribution in [1.82, 2.24) is 19.1 Å². The van der Waals surface area contributed by atoms with Gasteiger partial charge in [0.1, 0.15) is 4.83 Å². The second-order valence-corrected chi connectivity index (χ2v) is 17.0. The van der Waals surface area contributed by atoms with Gasteiger partial charge in [0.15, 0.2) is 0 Å². The number of nitrogens with zero attached hydrogens (tertiary/aromatic N) is 4. The second kappa shape index (κ2) is 10.5. The Hall–Kier alpha value is -6.86. The van der Waals surface area contributed by atoms with Crippen LogP contribution in [-0.2, 0) is 0 Å². The summed E-state index contributed by atoms with van der Waals surface area (Å²) < 4.78 is 8.66. The number of benzene rings is 8. The van der Waals surface area contributed by atoms with Gasteiger partial charge in [0, 0.05) is 73.8 Å². The van der Waals surface area contributed by atoms with Gasteiger partial charge in [-0.25, -0.2) is 9.97 Å². The molecule has 0 saturated carbocycles. The van der Waals surface area contributed by atoms with Gasteiger partial charge in [-0.15, -0.1) is 22.7 Å². The molecule has 0 unspecified atom stereocenters. The van der Waals surface area contributed by atoms with Gasteiger partial charge in [-0.05, 0) is 71.1 Å². The Morgan fingerprint density at radius 1 is 0.393 bits per heavy atom. The standard InChI is InChI=1S/C50H26N4S2/c1-2-10-28(11-3-1)48-45-33-13-5-7-19-40(33)56-49(45)52-50(51-48)54-36-17-9-15-32-31-14-8-16-35-43(31)46-37(23-20-27-21-24-38(54)47(42(27)46)44(32)36)53(35)29-22-25-41-34(26-29)30-12-4-6-18-39(30)55-41/h1-26H. The fourth-order valence-corrected chi connectivity index (χ4v) is 12.0. The van der Waals surface area contributed by atoms with E-state index < -0.39 is 0 Å². The Labute approximate surface area is 326 Å². The van der Waals surface area contributed by atoms with Gasteiger partial charge in [-0.1, -0.05) is 103 Å². The summed E-state index contributed by atoms with van der Waals surface area (Å²) in [5, 5.41) is 12.6. The lowest BCUT2D eigenvalue weighted by Crippen LogP contribution is -2.02. The highest BCUT2D eigenvalue weighted by molar-refractivity contribution is 7.26. The van der Waals surface area contributed by atoms with E-state index in [0.717, 1.165) is 32.5 Å². The Morgan fingerprint density at radius 3 is 1.79 bits per heavy atom. The van der Waals surface area contributed by atoms with E-state index in [1.165, 1.54) is 90.4 Å². The monoisotopic (exact) mass is 746 g/mol. The topological polar surface area (TPSA) is 35.6 Å². The molecule has 0 saturated heterocycles. The van der Waals surface area contributed by atoms with Crippen LogP contribution >= 0.6 is 22.7 Å². The van der Waals surface area contributed by atoms with Crippen LogP contribution in [0.5, 0.6) is 0 Å². The van der Waals surface area contributed by atoms with E-state index in [1.54, 1.807) is 11.3 Å². The van der Waals surface area contributed by atoms with Crippen molar-refractivity contribution < 1.29 is 0 Å². The normalized spacial score (nSPS) is 12.6. The lowest BCUT2D eigenvalue weighted by atomic mass is 9.98. The summed E-state index contributed by atoms with van der Waals surface area (Å²) in [5.74, 6) is 0.694. The van der Waals surface area contributed by atoms with E-state index in [-0.39, 0.29) is 0 Å². The zero-order chi connectivity index (χ0) is 36.2. The summed E-state index contributed by atoms with van der Waals surface area (Å²) in [7, 11) is 0. The number of aromatic nitrogens is 4. The van der Waals surface area contributed by atoms with Gasteiger partial charge in [-0.2, -0.15) is 0 Å². The molecule has 0 aliphatic heterocycles. The molecule has 0 N–H and O–H groups in total. The van der Waals surface area contributed by atoms with Crippen LogP contribution in [0.3, 0.4) is 0 Å². The van der Waals surface area contributed by atoms with E-state index in [4.69, 9.17) is 9.97 Å². The van der Waals surface area contributed by atoms with E-state index >= 15 is 0 Å². The number of fused-ring (bicyclic) bond motifs is 7. The Bertz CT molecular complexity index is 3880. The summed E-state index contributed by atoms with van der Waals surface area (Å²) in [4.78, 5) is 11.9. The van der Waals surface area contributed by atoms with E-state index in [0.29, 0.717) is 5.95 Å². The third-order valence-electron chi connectivity index (χ3n) is 12.1. The molecule has 0 atom stereocenters. The minimum absolute atomic E-state index is 0.694. The highest BCUT2D eigenvalue weighted by Crippen LogP contribution is 2.51. The number of thiophene rings is 2. The van der Waals surface area contributed by atoms with Crippen molar-refractivity contribution in [1.29, 1.82) is 0 Å². The minimum atomic E-state index is 0.694. The average Bonchev–Trinajstić information content (AvgIpc) is 3.98. The Morgan fingerprint density at radius 2 is 1.02 bits per heavy atom. The largest absolute Gasteiger partial charge is 0.309 e. The Balaban J connectivity index is 1.13. The first kappa shape index (κ1) is 29.5. The molecule has 56 heavy (non-hydrogen) atoms. The van der Waals surface area contributed by atoms with Crippen LogP contribution in [0.1, 0.15) is 0 Å². The van der Waals surface area contributed by atoms with Gasteiger partial charge in [0.2, 0.25) is 5.95 Å². The molecule has 0 radical (unpaired) electrons. The summed E-state index contributed by atoms with van der Waals surface area (Å²) >= 11 is 3.61. The van der Waals surface area contributed by atoms with Crippen molar-refractivity contribution in [2.75, 3.05) is 0 Å². The first-order valence-corrected chi connectivity index (χ1v) is 20.5. The van der Waals surface area contributed by atoms with Crippen LogP contribution < -0.4 is 0 Å². The van der Waals surface area contributed by atoms with Crippen molar-refractivity contribution in [3.05, 3.63) is 158 Å². The molecule has 1 aliphatic carbocycles. The molecule has 8 aromatic carbocycles. The smallest absolute Gasteiger partial charge is 0.236 e. The first-order valence-electron chi connectivity index (χ1n) is 18.9. The maximum atomic E-state index is 5.50. The summed E-state index contributed by atoms with van der Waals surface area (Å²) in [5.41, 5.74) is 10.4. The van der Waals surface area contributed by atoms with Crippen molar-refractivity contribution in [2.45, 2.75) is 0 Å². The summed E-state index contributed by atoms with van der Waals surface area (Å²) in [6.07, 6.45) is 0. The van der Waals surface area contributed by atoms with Crippen molar-refractivity contribution in [3.8, 4) is 34.0 Å². The molecule has 5 aromatic heterocycles. The molecule has 1 aliphatic rings. The van der Waals surface area contributed by atoms with Crippen LogP contribution in [0.25, 0.3) is 129 Å². The van der Waals surface area contributed by atoms with Crippen LogP contribution in [-0.4, -0.2) is 19.1 Å². The third-order valence-corrected chi connectivity index (χ3v) is 14.3. The van der Waals surface area contributed by atoms with Crippen molar-refractivity contribution in [3.63, 3.8) is 0 Å². The number of rotatable bonds is 3. The van der Waals surface area contributed by atoms with E-state index in [2.05, 4.69) is 167 Å². The highest BCUT2D eigenvalue weighted by Gasteiger charge is 2.28. The van der Waals surface area contributed by atoms with Gasteiger partial charge in [0.05, 0.1) is 27.8 Å². The van der Waals surface area contributed by atoms with Crippen LogP contribution in [0.4, 0.5) is 0 Å². The molecule has 0 bridgehead atoms. The van der Waals surface area contributed by atoms with Crippen LogP contribution in [0.2, 0.25) is 0 Å². The fraction of sp³-hybridized carbons (Fsp3) is 0. The summed E-state index contributed by atoms with van der Waals surface area (Å²) in [6, 6.07) is 57.8. The molecule has 6 heteroatoms. The molecule has 4 nitrogen and oxygen atoms in total. The number of hydrogen-bond donors (Lipinski definition) is 0. The molecular weight excluding hydrogens is 721 g/mol. The molecule has 0 spiro atoms. The quantitative estimate of drug-likeness (QED) is 0.180.